The highest BCUT2D eigenvalue weighted by Gasteiger charge is 2.31. The van der Waals surface area contributed by atoms with Crippen molar-refractivity contribution in [2.75, 3.05) is 0 Å². The first-order valence-corrected chi connectivity index (χ1v) is 10.9. The fourth-order valence-electron chi connectivity index (χ4n) is 3.73. The van der Waals surface area contributed by atoms with Gasteiger partial charge in [-0.05, 0) is 37.3 Å². The number of amides is 1. The van der Waals surface area contributed by atoms with Crippen LogP contribution in [0.2, 0.25) is 0 Å². The summed E-state index contributed by atoms with van der Waals surface area (Å²) in [6.07, 6.45) is -4.60. The Bertz CT molecular complexity index is 1470. The molecule has 4 aromatic rings. The molecule has 4 rings (SSSR count). The zero-order chi connectivity index (χ0) is 26.2. The van der Waals surface area contributed by atoms with E-state index < -0.39 is 23.8 Å². The van der Waals surface area contributed by atoms with Crippen LogP contribution in [0.5, 0.6) is 5.75 Å². The largest absolute Gasteiger partial charge is 0.573 e. The summed E-state index contributed by atoms with van der Waals surface area (Å²) in [5.41, 5.74) is 2.06. The van der Waals surface area contributed by atoms with E-state index in [0.29, 0.717) is 40.1 Å². The first-order chi connectivity index (χ1) is 17.0. The second-order valence-electron chi connectivity index (χ2n) is 8.02. The van der Waals surface area contributed by atoms with Gasteiger partial charge < -0.3 is 14.6 Å². The Morgan fingerprint density at radius 3 is 2.58 bits per heavy atom. The van der Waals surface area contributed by atoms with Crippen LogP contribution in [0.3, 0.4) is 0 Å². The van der Waals surface area contributed by atoms with E-state index in [9.17, 15) is 27.2 Å². The molecule has 8 nitrogen and oxygen atoms in total. The molecule has 0 aliphatic heterocycles. The van der Waals surface area contributed by atoms with E-state index in [1.54, 1.807) is 43.7 Å². The van der Waals surface area contributed by atoms with Crippen LogP contribution in [0, 0.1) is 12.7 Å². The summed E-state index contributed by atoms with van der Waals surface area (Å²) < 4.78 is 57.0. The van der Waals surface area contributed by atoms with Gasteiger partial charge in [0, 0.05) is 42.2 Å². The number of hydrogen-bond acceptors (Lipinski definition) is 5. The lowest BCUT2D eigenvalue weighted by molar-refractivity contribution is -0.274. The van der Waals surface area contributed by atoms with Crippen LogP contribution < -0.4 is 10.1 Å². The molecule has 0 aliphatic carbocycles. The van der Waals surface area contributed by atoms with Gasteiger partial charge in [0.15, 0.2) is 5.78 Å². The molecule has 0 atom stereocenters. The van der Waals surface area contributed by atoms with Crippen molar-refractivity contribution < 1.29 is 31.9 Å². The van der Waals surface area contributed by atoms with Crippen LogP contribution >= 0.6 is 0 Å². The first kappa shape index (κ1) is 24.9. The van der Waals surface area contributed by atoms with E-state index in [-0.39, 0.29) is 23.6 Å². The molecule has 2 aromatic heterocycles. The molecule has 0 saturated carbocycles. The smallest absolute Gasteiger partial charge is 0.406 e. The van der Waals surface area contributed by atoms with E-state index >= 15 is 0 Å². The van der Waals surface area contributed by atoms with Crippen molar-refractivity contribution in [3.8, 4) is 17.1 Å². The zero-order valence-corrected chi connectivity index (χ0v) is 19.5. The zero-order valence-electron chi connectivity index (χ0n) is 19.5. The highest BCUT2D eigenvalue weighted by atomic mass is 19.4. The number of nitrogens with one attached hydrogen (secondary N) is 2. The van der Waals surface area contributed by atoms with Gasteiger partial charge in [0.2, 0.25) is 0 Å². The van der Waals surface area contributed by atoms with Crippen LogP contribution in [0.1, 0.15) is 45.6 Å². The molecular weight excluding hydrogens is 482 g/mol. The number of fused-ring (bicyclic) bond motifs is 1. The summed E-state index contributed by atoms with van der Waals surface area (Å²) in [7, 11) is 1.72. The second kappa shape index (κ2) is 9.44. The van der Waals surface area contributed by atoms with Gasteiger partial charge in [0.05, 0.1) is 5.52 Å². The highest BCUT2D eigenvalue weighted by Crippen LogP contribution is 2.27. The third kappa shape index (κ3) is 4.92. The number of halogens is 4. The summed E-state index contributed by atoms with van der Waals surface area (Å²) in [5, 5.41) is 10.1. The summed E-state index contributed by atoms with van der Waals surface area (Å²) in [6, 6.07) is 7.82. The minimum atomic E-state index is -4.92. The molecule has 12 heteroatoms. The molecule has 2 heterocycles. The van der Waals surface area contributed by atoms with Gasteiger partial charge in [-0.2, -0.15) is 5.10 Å². The number of aromatic nitrogens is 4. The number of nitrogens with zero attached hydrogens (tertiary/aromatic N) is 3. The summed E-state index contributed by atoms with van der Waals surface area (Å²) >= 11 is 0. The molecule has 0 saturated heterocycles. The topological polar surface area (TPSA) is 102 Å². The molecule has 0 aliphatic rings. The standard InChI is InChI=1S/C24H21F4N5O3/c1-4-19(34)21-16-7-5-13(10-18(16)31-32-21)22-30-20(12(2)33(22)3)23(35)29-11-14-9-15(6-8-17(14)25)36-24(26,27)28/h5-10H,4,11H2,1-3H3,(H,29,35)(H,31,32). The van der Waals surface area contributed by atoms with E-state index in [1.807, 2.05) is 0 Å². The SMILES string of the molecule is CCC(=O)c1n[nH]c2cc(-c3nc(C(=O)NCc4cc(OC(F)(F)F)ccc4F)c(C)n3C)ccc12. The minimum Gasteiger partial charge on any atom is -0.406 e. The lowest BCUT2D eigenvalue weighted by Crippen LogP contribution is -2.25. The molecular formula is C24H21F4N5O3. The molecule has 0 radical (unpaired) electrons. The number of aromatic amines is 1. The Hall–Kier alpha value is -4.22. The average Bonchev–Trinajstić information content (AvgIpc) is 3.38. The predicted octanol–water partition coefficient (Wildman–Crippen LogP) is 4.83. The predicted molar refractivity (Wildman–Crippen MR) is 122 cm³/mol. The highest BCUT2D eigenvalue weighted by molar-refractivity contribution is 6.06. The molecule has 188 valence electrons. The maximum Gasteiger partial charge on any atom is 0.573 e. The first-order valence-electron chi connectivity index (χ1n) is 10.9. The van der Waals surface area contributed by atoms with Crippen molar-refractivity contribution in [2.24, 2.45) is 7.05 Å². The lowest BCUT2D eigenvalue weighted by atomic mass is 10.1. The Labute approximate surface area is 202 Å². The van der Waals surface area contributed by atoms with Gasteiger partial charge in [-0.25, -0.2) is 9.37 Å². The number of carbonyl (C=O) groups excluding carboxylic acids is 2. The van der Waals surface area contributed by atoms with Crippen molar-refractivity contribution in [2.45, 2.75) is 33.2 Å². The molecule has 0 spiro atoms. The third-order valence-electron chi connectivity index (χ3n) is 5.69. The molecule has 1 amide bonds. The van der Waals surface area contributed by atoms with Crippen LogP contribution in [0.15, 0.2) is 36.4 Å². The molecule has 2 aromatic carbocycles. The van der Waals surface area contributed by atoms with E-state index in [0.717, 1.165) is 18.2 Å². The maximum atomic E-state index is 14.1. The van der Waals surface area contributed by atoms with Crippen molar-refractivity contribution >= 4 is 22.6 Å². The third-order valence-corrected chi connectivity index (χ3v) is 5.69. The van der Waals surface area contributed by atoms with E-state index in [2.05, 4.69) is 25.2 Å². The van der Waals surface area contributed by atoms with Gasteiger partial charge in [0.25, 0.3) is 5.91 Å². The van der Waals surface area contributed by atoms with Gasteiger partial charge in [0.1, 0.15) is 28.8 Å². The van der Waals surface area contributed by atoms with Crippen LogP contribution in [0.25, 0.3) is 22.3 Å². The second-order valence-corrected chi connectivity index (χ2v) is 8.02. The van der Waals surface area contributed by atoms with Gasteiger partial charge in [-0.1, -0.05) is 13.0 Å². The number of rotatable bonds is 7. The van der Waals surface area contributed by atoms with Crippen molar-refractivity contribution in [3.05, 3.63) is 64.9 Å². The number of Topliss-reactive ketones (excluding diaryl/α,β-unsaturated/α-hetero) is 1. The van der Waals surface area contributed by atoms with Crippen molar-refractivity contribution in [1.29, 1.82) is 0 Å². The Kier molecular flexibility index (Phi) is 6.53. The normalized spacial score (nSPS) is 11.6. The fourth-order valence-corrected chi connectivity index (χ4v) is 3.73. The molecule has 2 N–H and O–H groups in total. The summed E-state index contributed by atoms with van der Waals surface area (Å²) in [4.78, 5) is 29.3. The number of hydrogen-bond donors (Lipinski definition) is 2. The number of alkyl halides is 3. The van der Waals surface area contributed by atoms with Crippen LogP contribution in [-0.4, -0.2) is 37.8 Å². The van der Waals surface area contributed by atoms with Crippen molar-refractivity contribution in [3.63, 3.8) is 0 Å². The quantitative estimate of drug-likeness (QED) is 0.278. The van der Waals surface area contributed by atoms with Gasteiger partial charge in [-0.3, -0.25) is 14.7 Å². The number of ketones is 1. The molecule has 36 heavy (non-hydrogen) atoms. The lowest BCUT2D eigenvalue weighted by Gasteiger charge is -2.11. The Morgan fingerprint density at radius 2 is 1.89 bits per heavy atom. The number of carbonyl (C=O) groups is 2. The van der Waals surface area contributed by atoms with Gasteiger partial charge in [-0.15, -0.1) is 13.2 Å². The van der Waals surface area contributed by atoms with Crippen LogP contribution in [0.4, 0.5) is 17.6 Å². The number of H-pyrrole nitrogens is 1. The monoisotopic (exact) mass is 503 g/mol. The van der Waals surface area contributed by atoms with Gasteiger partial charge >= 0.3 is 6.36 Å². The molecule has 0 fully saturated rings. The summed E-state index contributed by atoms with van der Waals surface area (Å²) in [5.74, 6) is -1.65. The van der Waals surface area contributed by atoms with Crippen molar-refractivity contribution in [1.82, 2.24) is 25.1 Å². The van der Waals surface area contributed by atoms with Crippen LogP contribution in [-0.2, 0) is 13.6 Å². The van der Waals surface area contributed by atoms with E-state index in [4.69, 9.17) is 0 Å². The Morgan fingerprint density at radius 1 is 1.14 bits per heavy atom. The maximum absolute atomic E-state index is 14.1. The number of imidazole rings is 1. The fraction of sp³-hybridized carbons (Fsp3) is 0.250. The minimum absolute atomic E-state index is 0.0714. The average molecular weight is 503 g/mol. The summed E-state index contributed by atoms with van der Waals surface area (Å²) in [6.45, 7) is 3.05. The van der Waals surface area contributed by atoms with E-state index in [1.165, 1.54) is 0 Å². The molecule has 0 bridgehead atoms. The number of benzene rings is 2. The number of ether oxygens (including phenoxy) is 1. The Balaban J connectivity index is 1.56. The molecule has 0 unspecified atom stereocenters.